The van der Waals surface area contributed by atoms with Crippen LogP contribution in [0.1, 0.15) is 36.4 Å². The molecule has 1 atom stereocenters. The molecule has 15 heavy (non-hydrogen) atoms. The molecule has 1 N–H and O–H groups in total. The van der Waals surface area contributed by atoms with Crippen LogP contribution in [0.5, 0.6) is 0 Å². The first-order valence-electron chi connectivity index (χ1n) is 5.03. The van der Waals surface area contributed by atoms with Crippen molar-refractivity contribution < 1.29 is 4.79 Å². The molecule has 0 aliphatic carbocycles. The van der Waals surface area contributed by atoms with Crippen molar-refractivity contribution in [2.24, 2.45) is 0 Å². The average molecular weight is 246 g/mol. The SMILES string of the molecule is CCC(C)(CCCl)NC(=O)c1cccs1. The standard InChI is InChI=1S/C11H16ClNOS/c1-3-11(2,6-7-12)13-10(14)9-5-4-8-15-9/h4-5,8H,3,6-7H2,1-2H3,(H,13,14). The maximum atomic E-state index is 11.8. The highest BCUT2D eigenvalue weighted by molar-refractivity contribution is 7.12. The number of amides is 1. The minimum Gasteiger partial charge on any atom is -0.346 e. The van der Waals surface area contributed by atoms with Crippen LogP contribution in [0.2, 0.25) is 0 Å². The number of rotatable bonds is 5. The van der Waals surface area contributed by atoms with E-state index >= 15 is 0 Å². The first kappa shape index (κ1) is 12.5. The summed E-state index contributed by atoms with van der Waals surface area (Å²) in [6.45, 7) is 4.09. The Balaban J connectivity index is 2.63. The summed E-state index contributed by atoms with van der Waals surface area (Å²) < 4.78 is 0. The van der Waals surface area contributed by atoms with Gasteiger partial charge in [-0.3, -0.25) is 4.79 Å². The summed E-state index contributed by atoms with van der Waals surface area (Å²) in [4.78, 5) is 12.6. The summed E-state index contributed by atoms with van der Waals surface area (Å²) >= 11 is 7.18. The Kier molecular flexibility index (Phi) is 4.61. The average Bonchev–Trinajstić information content (AvgIpc) is 2.71. The van der Waals surface area contributed by atoms with Gasteiger partial charge in [0, 0.05) is 11.4 Å². The monoisotopic (exact) mass is 245 g/mol. The van der Waals surface area contributed by atoms with Crippen molar-refractivity contribution in [2.45, 2.75) is 32.2 Å². The molecule has 0 fully saturated rings. The zero-order valence-electron chi connectivity index (χ0n) is 9.05. The van der Waals surface area contributed by atoms with E-state index in [-0.39, 0.29) is 11.4 Å². The van der Waals surface area contributed by atoms with E-state index in [1.54, 1.807) is 0 Å². The van der Waals surface area contributed by atoms with Gasteiger partial charge in [0.2, 0.25) is 0 Å². The Morgan fingerprint density at radius 3 is 2.87 bits per heavy atom. The van der Waals surface area contributed by atoms with E-state index in [0.29, 0.717) is 5.88 Å². The molecule has 0 spiro atoms. The maximum absolute atomic E-state index is 11.8. The summed E-state index contributed by atoms with van der Waals surface area (Å²) in [6.07, 6.45) is 1.68. The second-order valence-corrected chi connectivity index (χ2v) is 5.11. The third-order valence-corrected chi connectivity index (χ3v) is 3.64. The number of halogens is 1. The fourth-order valence-electron chi connectivity index (χ4n) is 1.28. The summed E-state index contributed by atoms with van der Waals surface area (Å²) in [5.74, 6) is 0.564. The van der Waals surface area contributed by atoms with Gasteiger partial charge in [-0.2, -0.15) is 0 Å². The van der Waals surface area contributed by atoms with Crippen molar-refractivity contribution in [2.75, 3.05) is 5.88 Å². The van der Waals surface area contributed by atoms with Crippen LogP contribution >= 0.6 is 22.9 Å². The van der Waals surface area contributed by atoms with Crippen molar-refractivity contribution in [1.29, 1.82) is 0 Å². The van der Waals surface area contributed by atoms with Crippen LogP contribution in [-0.2, 0) is 0 Å². The number of nitrogens with one attached hydrogen (secondary N) is 1. The van der Waals surface area contributed by atoms with Gasteiger partial charge in [0.05, 0.1) is 4.88 Å². The lowest BCUT2D eigenvalue weighted by Gasteiger charge is -2.28. The van der Waals surface area contributed by atoms with Gasteiger partial charge >= 0.3 is 0 Å². The van der Waals surface area contributed by atoms with Crippen molar-refractivity contribution in [3.63, 3.8) is 0 Å². The van der Waals surface area contributed by atoms with E-state index in [0.717, 1.165) is 17.7 Å². The molecule has 0 aliphatic heterocycles. The Morgan fingerprint density at radius 2 is 2.40 bits per heavy atom. The van der Waals surface area contributed by atoms with Crippen LogP contribution < -0.4 is 5.32 Å². The highest BCUT2D eigenvalue weighted by atomic mass is 35.5. The van der Waals surface area contributed by atoms with Gasteiger partial charge in [0.25, 0.3) is 5.91 Å². The fourth-order valence-corrected chi connectivity index (χ4v) is 2.32. The van der Waals surface area contributed by atoms with Crippen molar-refractivity contribution in [1.82, 2.24) is 5.32 Å². The van der Waals surface area contributed by atoms with Gasteiger partial charge < -0.3 is 5.32 Å². The largest absolute Gasteiger partial charge is 0.346 e. The van der Waals surface area contributed by atoms with Gasteiger partial charge in [-0.1, -0.05) is 13.0 Å². The van der Waals surface area contributed by atoms with E-state index < -0.39 is 0 Å². The molecule has 0 aromatic carbocycles. The van der Waals surface area contributed by atoms with E-state index in [9.17, 15) is 4.79 Å². The quantitative estimate of drug-likeness (QED) is 0.793. The number of hydrogen-bond donors (Lipinski definition) is 1. The van der Waals surface area contributed by atoms with Crippen LogP contribution in [0.15, 0.2) is 17.5 Å². The summed E-state index contributed by atoms with van der Waals surface area (Å²) in [5.41, 5.74) is -0.192. The minimum atomic E-state index is -0.192. The van der Waals surface area contributed by atoms with E-state index in [1.807, 2.05) is 24.4 Å². The molecule has 0 bridgehead atoms. The van der Waals surface area contributed by atoms with E-state index in [1.165, 1.54) is 11.3 Å². The van der Waals surface area contributed by atoms with Crippen LogP contribution in [0, 0.1) is 0 Å². The first-order valence-corrected chi connectivity index (χ1v) is 6.44. The molecule has 1 unspecified atom stereocenters. The Bertz CT molecular complexity index is 312. The summed E-state index contributed by atoms with van der Waals surface area (Å²) in [7, 11) is 0. The lowest BCUT2D eigenvalue weighted by Crippen LogP contribution is -2.45. The molecule has 4 heteroatoms. The zero-order valence-corrected chi connectivity index (χ0v) is 10.6. The van der Waals surface area contributed by atoms with Crippen LogP contribution in [0.4, 0.5) is 0 Å². The maximum Gasteiger partial charge on any atom is 0.261 e. The number of thiophene rings is 1. The second-order valence-electron chi connectivity index (χ2n) is 3.78. The number of hydrogen-bond acceptors (Lipinski definition) is 2. The van der Waals surface area contributed by atoms with Crippen molar-refractivity contribution in [3.8, 4) is 0 Å². The summed E-state index contributed by atoms with van der Waals surface area (Å²) in [6, 6.07) is 3.71. The van der Waals surface area contributed by atoms with Crippen LogP contribution in [-0.4, -0.2) is 17.3 Å². The number of carbonyl (C=O) groups excluding carboxylic acids is 1. The Hall–Kier alpha value is -0.540. The first-order chi connectivity index (χ1) is 7.11. The van der Waals surface area contributed by atoms with Crippen LogP contribution in [0.25, 0.3) is 0 Å². The van der Waals surface area contributed by atoms with Crippen molar-refractivity contribution in [3.05, 3.63) is 22.4 Å². The van der Waals surface area contributed by atoms with Gasteiger partial charge in [-0.15, -0.1) is 22.9 Å². The highest BCUT2D eigenvalue weighted by Gasteiger charge is 2.24. The second kappa shape index (κ2) is 5.52. The predicted octanol–water partition coefficient (Wildman–Crippen LogP) is 3.28. The summed E-state index contributed by atoms with van der Waals surface area (Å²) in [5, 5.41) is 4.94. The molecule has 1 rings (SSSR count). The van der Waals surface area contributed by atoms with Gasteiger partial charge in [0.15, 0.2) is 0 Å². The molecule has 1 heterocycles. The molecule has 0 radical (unpaired) electrons. The zero-order chi connectivity index (χ0) is 11.3. The molecule has 0 saturated carbocycles. The lowest BCUT2D eigenvalue weighted by molar-refractivity contribution is 0.0906. The van der Waals surface area contributed by atoms with Gasteiger partial charge in [-0.05, 0) is 31.2 Å². The van der Waals surface area contributed by atoms with Crippen LogP contribution in [0.3, 0.4) is 0 Å². The lowest BCUT2D eigenvalue weighted by atomic mass is 9.95. The molecular formula is C11H16ClNOS. The topological polar surface area (TPSA) is 29.1 Å². The molecule has 1 aromatic heterocycles. The van der Waals surface area contributed by atoms with Crippen molar-refractivity contribution >= 4 is 28.8 Å². The molecule has 0 saturated heterocycles. The van der Waals surface area contributed by atoms with E-state index in [4.69, 9.17) is 11.6 Å². The highest BCUT2D eigenvalue weighted by Crippen LogP contribution is 2.17. The fraction of sp³-hybridized carbons (Fsp3) is 0.545. The minimum absolute atomic E-state index is 0.000494. The smallest absolute Gasteiger partial charge is 0.261 e. The third kappa shape index (κ3) is 3.50. The normalized spacial score (nSPS) is 14.6. The molecule has 1 aromatic rings. The Labute approximate surface area is 99.6 Å². The Morgan fingerprint density at radius 1 is 1.67 bits per heavy atom. The molecular weight excluding hydrogens is 230 g/mol. The molecule has 84 valence electrons. The third-order valence-electron chi connectivity index (χ3n) is 2.59. The van der Waals surface area contributed by atoms with Gasteiger partial charge in [0.1, 0.15) is 0 Å². The van der Waals surface area contributed by atoms with Gasteiger partial charge in [-0.25, -0.2) is 0 Å². The number of alkyl halides is 1. The van der Waals surface area contributed by atoms with E-state index in [2.05, 4.69) is 12.2 Å². The number of carbonyl (C=O) groups is 1. The predicted molar refractivity (Wildman–Crippen MR) is 65.8 cm³/mol. The molecule has 0 aliphatic rings. The molecule has 2 nitrogen and oxygen atoms in total. The molecule has 1 amide bonds.